The maximum absolute atomic E-state index is 11.4. The van der Waals surface area contributed by atoms with Crippen molar-refractivity contribution in [3.63, 3.8) is 0 Å². The second-order valence-corrected chi connectivity index (χ2v) is 2.84. The first kappa shape index (κ1) is 8.55. The molecule has 0 saturated carbocycles. The highest BCUT2D eigenvalue weighted by Gasteiger charge is 2.12. The molecule has 1 amide bonds. The standard InChI is InChI=1S/C9H9N3O2/c1-10-9(14)8-7-5(2-3-11-8)6(13)4-12-7/h2-4,12-13H,1H3,(H,10,14). The SMILES string of the molecule is CNC(=O)c1nccc2c(O)c[nH]c12. The summed E-state index contributed by atoms with van der Waals surface area (Å²) in [6.45, 7) is 0. The van der Waals surface area contributed by atoms with Crippen molar-refractivity contribution in [3.05, 3.63) is 24.2 Å². The topological polar surface area (TPSA) is 78.0 Å². The highest BCUT2D eigenvalue weighted by atomic mass is 16.3. The number of hydrogen-bond acceptors (Lipinski definition) is 3. The lowest BCUT2D eigenvalue weighted by Crippen LogP contribution is -2.19. The molecule has 0 atom stereocenters. The van der Waals surface area contributed by atoms with Crippen LogP contribution < -0.4 is 5.32 Å². The summed E-state index contributed by atoms with van der Waals surface area (Å²) in [5.74, 6) is -0.162. The number of carbonyl (C=O) groups excluding carboxylic acids is 1. The molecule has 2 aromatic heterocycles. The van der Waals surface area contributed by atoms with Crippen molar-refractivity contribution in [2.24, 2.45) is 0 Å². The van der Waals surface area contributed by atoms with E-state index in [0.29, 0.717) is 10.9 Å². The number of carbonyl (C=O) groups is 1. The maximum Gasteiger partial charge on any atom is 0.271 e. The minimum atomic E-state index is -0.280. The number of nitrogens with zero attached hydrogens (tertiary/aromatic N) is 1. The van der Waals surface area contributed by atoms with Crippen LogP contribution >= 0.6 is 0 Å². The van der Waals surface area contributed by atoms with E-state index in [4.69, 9.17) is 0 Å². The largest absolute Gasteiger partial charge is 0.506 e. The van der Waals surface area contributed by atoms with E-state index in [0.717, 1.165) is 0 Å². The van der Waals surface area contributed by atoms with Crippen LogP contribution in [0.15, 0.2) is 18.5 Å². The lowest BCUT2D eigenvalue weighted by molar-refractivity contribution is 0.0960. The van der Waals surface area contributed by atoms with Crippen molar-refractivity contribution < 1.29 is 9.90 Å². The average Bonchev–Trinajstić information content (AvgIpc) is 2.59. The average molecular weight is 191 g/mol. The molecule has 0 unspecified atom stereocenters. The summed E-state index contributed by atoms with van der Waals surface area (Å²) in [6, 6.07) is 1.65. The number of amides is 1. The molecule has 5 heteroatoms. The van der Waals surface area contributed by atoms with Gasteiger partial charge in [-0.25, -0.2) is 4.98 Å². The first-order chi connectivity index (χ1) is 6.74. The van der Waals surface area contributed by atoms with Gasteiger partial charge in [0, 0.05) is 24.8 Å². The van der Waals surface area contributed by atoms with Gasteiger partial charge in [-0.1, -0.05) is 0 Å². The molecule has 0 aliphatic rings. The molecular formula is C9H9N3O2. The zero-order valence-corrected chi connectivity index (χ0v) is 7.53. The zero-order valence-electron chi connectivity index (χ0n) is 7.53. The molecule has 2 heterocycles. The van der Waals surface area contributed by atoms with Crippen molar-refractivity contribution in [2.75, 3.05) is 7.05 Å². The number of aromatic amines is 1. The highest BCUT2D eigenvalue weighted by molar-refractivity contribution is 6.05. The molecule has 72 valence electrons. The van der Waals surface area contributed by atoms with Crippen molar-refractivity contribution in [1.29, 1.82) is 0 Å². The van der Waals surface area contributed by atoms with E-state index in [9.17, 15) is 9.90 Å². The van der Waals surface area contributed by atoms with Crippen LogP contribution in [0, 0.1) is 0 Å². The van der Waals surface area contributed by atoms with Gasteiger partial charge in [0.2, 0.25) is 0 Å². The molecule has 0 saturated heterocycles. The Balaban J connectivity index is 2.71. The second kappa shape index (κ2) is 3.02. The van der Waals surface area contributed by atoms with Gasteiger partial charge >= 0.3 is 0 Å². The van der Waals surface area contributed by atoms with Gasteiger partial charge in [-0.3, -0.25) is 4.79 Å². The Morgan fingerprint density at radius 2 is 2.43 bits per heavy atom. The fourth-order valence-electron chi connectivity index (χ4n) is 1.33. The Bertz CT molecular complexity index is 490. The fourth-order valence-corrected chi connectivity index (χ4v) is 1.33. The van der Waals surface area contributed by atoms with E-state index in [1.165, 1.54) is 19.4 Å². The van der Waals surface area contributed by atoms with Gasteiger partial charge in [-0.05, 0) is 6.07 Å². The van der Waals surface area contributed by atoms with Crippen LogP contribution in [-0.2, 0) is 0 Å². The first-order valence-electron chi connectivity index (χ1n) is 4.11. The van der Waals surface area contributed by atoms with E-state index in [-0.39, 0.29) is 17.4 Å². The third-order valence-corrected chi connectivity index (χ3v) is 2.02. The number of pyridine rings is 1. The Morgan fingerprint density at radius 1 is 1.64 bits per heavy atom. The van der Waals surface area contributed by atoms with Gasteiger partial charge < -0.3 is 15.4 Å². The summed E-state index contributed by atoms with van der Waals surface area (Å²) in [4.78, 5) is 18.1. The minimum absolute atomic E-state index is 0.118. The molecule has 3 N–H and O–H groups in total. The number of hydrogen-bond donors (Lipinski definition) is 3. The van der Waals surface area contributed by atoms with Gasteiger partial charge in [0.15, 0.2) is 5.69 Å². The molecule has 0 spiro atoms. The van der Waals surface area contributed by atoms with Crippen LogP contribution in [0.1, 0.15) is 10.5 Å². The number of fused-ring (bicyclic) bond motifs is 1. The molecule has 14 heavy (non-hydrogen) atoms. The van der Waals surface area contributed by atoms with Gasteiger partial charge in [-0.2, -0.15) is 0 Å². The molecule has 2 rings (SSSR count). The van der Waals surface area contributed by atoms with Crippen LogP contribution in [0.3, 0.4) is 0 Å². The number of aromatic nitrogens is 2. The predicted octanol–water partition coefficient (Wildman–Crippen LogP) is 0.628. The Morgan fingerprint density at radius 3 is 3.14 bits per heavy atom. The van der Waals surface area contributed by atoms with E-state index < -0.39 is 0 Å². The Hall–Kier alpha value is -2.04. The summed E-state index contributed by atoms with van der Waals surface area (Å²) < 4.78 is 0. The van der Waals surface area contributed by atoms with Gasteiger partial charge in [0.05, 0.1) is 5.52 Å². The fraction of sp³-hybridized carbons (Fsp3) is 0.111. The number of H-pyrrole nitrogens is 1. The smallest absolute Gasteiger partial charge is 0.271 e. The van der Waals surface area contributed by atoms with Crippen molar-refractivity contribution >= 4 is 16.8 Å². The van der Waals surface area contributed by atoms with Crippen LogP contribution in [-0.4, -0.2) is 28.0 Å². The van der Waals surface area contributed by atoms with Gasteiger partial charge in [-0.15, -0.1) is 0 Å². The highest BCUT2D eigenvalue weighted by Crippen LogP contribution is 2.24. The number of aromatic hydroxyl groups is 1. The van der Waals surface area contributed by atoms with E-state index in [2.05, 4.69) is 15.3 Å². The van der Waals surface area contributed by atoms with E-state index in [1.54, 1.807) is 6.07 Å². The summed E-state index contributed by atoms with van der Waals surface area (Å²) in [7, 11) is 1.53. The monoisotopic (exact) mass is 191 g/mol. The van der Waals surface area contributed by atoms with Crippen molar-refractivity contribution in [3.8, 4) is 5.75 Å². The van der Waals surface area contributed by atoms with E-state index in [1.807, 2.05) is 0 Å². The quantitative estimate of drug-likeness (QED) is 0.618. The van der Waals surface area contributed by atoms with Crippen LogP contribution in [0.5, 0.6) is 5.75 Å². The number of nitrogens with one attached hydrogen (secondary N) is 2. The molecule has 0 bridgehead atoms. The Labute approximate surface area is 79.8 Å². The molecule has 0 radical (unpaired) electrons. The first-order valence-corrected chi connectivity index (χ1v) is 4.11. The lowest BCUT2D eigenvalue weighted by Gasteiger charge is -1.99. The van der Waals surface area contributed by atoms with Crippen molar-refractivity contribution in [1.82, 2.24) is 15.3 Å². The zero-order chi connectivity index (χ0) is 10.1. The summed E-state index contributed by atoms with van der Waals surface area (Å²) in [6.07, 6.45) is 2.92. The Kier molecular flexibility index (Phi) is 1.85. The lowest BCUT2D eigenvalue weighted by atomic mass is 10.2. The van der Waals surface area contributed by atoms with E-state index >= 15 is 0 Å². The molecule has 0 fully saturated rings. The van der Waals surface area contributed by atoms with Gasteiger partial charge in [0.25, 0.3) is 5.91 Å². The molecule has 0 aromatic carbocycles. The normalized spacial score (nSPS) is 10.4. The summed E-state index contributed by atoms with van der Waals surface area (Å²) >= 11 is 0. The molecular weight excluding hydrogens is 182 g/mol. The maximum atomic E-state index is 11.4. The van der Waals surface area contributed by atoms with Crippen LogP contribution in [0.2, 0.25) is 0 Å². The summed E-state index contributed by atoms with van der Waals surface area (Å²) in [5.41, 5.74) is 0.828. The third kappa shape index (κ3) is 1.10. The minimum Gasteiger partial charge on any atom is -0.506 e. The number of rotatable bonds is 1. The van der Waals surface area contributed by atoms with Crippen LogP contribution in [0.4, 0.5) is 0 Å². The summed E-state index contributed by atoms with van der Waals surface area (Å²) in [5, 5.41) is 12.5. The molecule has 0 aliphatic heterocycles. The predicted molar refractivity (Wildman–Crippen MR) is 51.1 cm³/mol. The molecule has 2 aromatic rings. The second-order valence-electron chi connectivity index (χ2n) is 2.84. The molecule has 5 nitrogen and oxygen atoms in total. The third-order valence-electron chi connectivity index (χ3n) is 2.02. The molecule has 0 aliphatic carbocycles. The van der Waals surface area contributed by atoms with Gasteiger partial charge in [0.1, 0.15) is 5.75 Å². The van der Waals surface area contributed by atoms with Crippen molar-refractivity contribution in [2.45, 2.75) is 0 Å². The van der Waals surface area contributed by atoms with Crippen LogP contribution in [0.25, 0.3) is 10.9 Å².